The van der Waals surface area contributed by atoms with Gasteiger partial charge in [-0.25, -0.2) is 4.39 Å². The fourth-order valence-electron chi connectivity index (χ4n) is 1.68. The molecule has 2 aromatic rings. The van der Waals surface area contributed by atoms with E-state index < -0.39 is 0 Å². The van der Waals surface area contributed by atoms with Crippen molar-refractivity contribution in [2.45, 2.75) is 18.9 Å². The van der Waals surface area contributed by atoms with Gasteiger partial charge in [-0.1, -0.05) is 17.7 Å². The summed E-state index contributed by atoms with van der Waals surface area (Å²) in [7, 11) is 1.69. The first-order valence-corrected chi connectivity index (χ1v) is 5.85. The molecule has 0 aliphatic rings. The maximum Gasteiger partial charge on any atom is 0.176 e. The Bertz CT molecular complexity index is 542. The van der Waals surface area contributed by atoms with Crippen molar-refractivity contribution in [2.24, 2.45) is 12.8 Å². The molecular weight excluding hydrogens is 257 g/mol. The van der Waals surface area contributed by atoms with Gasteiger partial charge in [-0.05, 0) is 29.3 Å². The van der Waals surface area contributed by atoms with Gasteiger partial charge in [0, 0.05) is 17.5 Å². The Morgan fingerprint density at radius 3 is 2.83 bits per heavy atom. The van der Waals surface area contributed by atoms with E-state index in [0.29, 0.717) is 23.7 Å². The van der Waals surface area contributed by atoms with Crippen molar-refractivity contribution in [3.05, 3.63) is 40.4 Å². The number of benzene rings is 1. The summed E-state index contributed by atoms with van der Waals surface area (Å²) in [5.74, 6) is 0.233. The molecule has 0 saturated heterocycles. The summed E-state index contributed by atoms with van der Waals surface area (Å²) in [5, 5.41) is 12.0. The number of rotatable bonds is 4. The smallest absolute Gasteiger partial charge is 0.176 e. The lowest BCUT2D eigenvalue weighted by Gasteiger charge is -2.10. The van der Waals surface area contributed by atoms with E-state index in [1.807, 2.05) is 0 Å². The predicted molar refractivity (Wildman–Crippen MR) is 65.6 cm³/mol. The number of halogens is 2. The highest BCUT2D eigenvalue weighted by Crippen LogP contribution is 2.18. The van der Waals surface area contributed by atoms with Crippen LogP contribution in [0.2, 0.25) is 5.02 Å². The van der Waals surface area contributed by atoms with Crippen molar-refractivity contribution in [1.82, 2.24) is 20.2 Å². The minimum Gasteiger partial charge on any atom is -0.327 e. The molecule has 0 saturated carbocycles. The summed E-state index contributed by atoms with van der Waals surface area (Å²) in [6.45, 7) is 0. The number of aryl methyl sites for hydroxylation is 1. The minimum absolute atomic E-state index is 0.183. The molecular formula is C11H13ClFN5. The van der Waals surface area contributed by atoms with Gasteiger partial charge in [-0.3, -0.25) is 0 Å². The average molecular weight is 270 g/mol. The zero-order chi connectivity index (χ0) is 13.1. The molecule has 2 rings (SSSR count). The number of nitrogens with two attached hydrogens (primary N) is 1. The van der Waals surface area contributed by atoms with E-state index in [9.17, 15) is 4.39 Å². The van der Waals surface area contributed by atoms with Crippen molar-refractivity contribution in [2.75, 3.05) is 0 Å². The second-order valence-corrected chi connectivity index (χ2v) is 4.51. The molecule has 1 aromatic carbocycles. The van der Waals surface area contributed by atoms with E-state index in [-0.39, 0.29) is 11.9 Å². The molecule has 0 spiro atoms. The first-order valence-electron chi connectivity index (χ1n) is 5.47. The van der Waals surface area contributed by atoms with Gasteiger partial charge in [0.25, 0.3) is 0 Å². The lowest BCUT2D eigenvalue weighted by Crippen LogP contribution is -2.26. The Kier molecular flexibility index (Phi) is 3.88. The number of tetrazole rings is 1. The van der Waals surface area contributed by atoms with Crippen LogP contribution in [0.15, 0.2) is 18.2 Å². The van der Waals surface area contributed by atoms with Crippen LogP contribution in [0, 0.1) is 5.82 Å². The minimum atomic E-state index is -0.354. The lowest BCUT2D eigenvalue weighted by molar-refractivity contribution is 0.611. The molecule has 0 aliphatic heterocycles. The third kappa shape index (κ3) is 3.24. The molecule has 7 heteroatoms. The Labute approximate surface area is 109 Å². The summed E-state index contributed by atoms with van der Waals surface area (Å²) in [5.41, 5.74) is 6.80. The zero-order valence-electron chi connectivity index (χ0n) is 9.85. The molecule has 0 bridgehead atoms. The largest absolute Gasteiger partial charge is 0.327 e. The standard InChI is InChI=1S/C11H13ClFN5/c1-18-16-11(15-17-18)6-9(14)4-7-2-3-8(13)5-10(7)12/h2-3,5,9H,4,6,14H2,1H3. The van der Waals surface area contributed by atoms with E-state index in [2.05, 4.69) is 15.4 Å². The molecule has 96 valence electrons. The van der Waals surface area contributed by atoms with E-state index in [1.165, 1.54) is 16.9 Å². The molecule has 5 nitrogen and oxygen atoms in total. The fraction of sp³-hybridized carbons (Fsp3) is 0.364. The van der Waals surface area contributed by atoms with E-state index in [1.54, 1.807) is 13.1 Å². The molecule has 1 unspecified atom stereocenters. The second kappa shape index (κ2) is 5.41. The van der Waals surface area contributed by atoms with Crippen molar-refractivity contribution in [3.8, 4) is 0 Å². The Balaban J connectivity index is 2.00. The van der Waals surface area contributed by atoms with Crippen LogP contribution in [0.25, 0.3) is 0 Å². The predicted octanol–water partition coefficient (Wildman–Crippen LogP) is 1.12. The van der Waals surface area contributed by atoms with Crippen molar-refractivity contribution < 1.29 is 4.39 Å². The quantitative estimate of drug-likeness (QED) is 0.903. The summed E-state index contributed by atoms with van der Waals surface area (Å²) in [6.07, 6.45) is 1.04. The first kappa shape index (κ1) is 12.9. The highest BCUT2D eigenvalue weighted by atomic mass is 35.5. The fourth-order valence-corrected chi connectivity index (χ4v) is 1.93. The molecule has 1 heterocycles. The van der Waals surface area contributed by atoms with E-state index in [4.69, 9.17) is 17.3 Å². The highest BCUT2D eigenvalue weighted by Gasteiger charge is 2.11. The Hall–Kier alpha value is -1.53. The molecule has 1 atom stereocenters. The average Bonchev–Trinajstić information content (AvgIpc) is 2.68. The first-order chi connectivity index (χ1) is 8.54. The number of hydrogen-bond acceptors (Lipinski definition) is 4. The number of hydrogen-bond donors (Lipinski definition) is 1. The van der Waals surface area contributed by atoms with Crippen LogP contribution in [0.1, 0.15) is 11.4 Å². The van der Waals surface area contributed by atoms with Crippen molar-refractivity contribution in [3.63, 3.8) is 0 Å². The summed E-state index contributed by atoms with van der Waals surface area (Å²) in [6, 6.07) is 4.11. The van der Waals surface area contributed by atoms with Gasteiger partial charge in [0.2, 0.25) is 0 Å². The van der Waals surface area contributed by atoms with Crippen molar-refractivity contribution in [1.29, 1.82) is 0 Å². The molecule has 0 aliphatic carbocycles. The van der Waals surface area contributed by atoms with Gasteiger partial charge in [-0.2, -0.15) is 4.80 Å². The van der Waals surface area contributed by atoms with Gasteiger partial charge >= 0.3 is 0 Å². The third-order valence-electron chi connectivity index (χ3n) is 2.49. The normalized spacial score (nSPS) is 12.7. The zero-order valence-corrected chi connectivity index (χ0v) is 10.6. The lowest BCUT2D eigenvalue weighted by atomic mass is 10.0. The van der Waals surface area contributed by atoms with E-state index in [0.717, 1.165) is 5.56 Å². The Morgan fingerprint density at radius 2 is 2.22 bits per heavy atom. The summed E-state index contributed by atoms with van der Waals surface area (Å²) >= 11 is 5.94. The molecule has 1 aromatic heterocycles. The highest BCUT2D eigenvalue weighted by molar-refractivity contribution is 6.31. The molecule has 0 fully saturated rings. The monoisotopic (exact) mass is 269 g/mol. The maximum absolute atomic E-state index is 12.9. The van der Waals surface area contributed by atoms with Gasteiger partial charge in [-0.15, -0.1) is 10.2 Å². The third-order valence-corrected chi connectivity index (χ3v) is 2.84. The topological polar surface area (TPSA) is 69.6 Å². The molecule has 18 heavy (non-hydrogen) atoms. The number of aromatic nitrogens is 4. The summed E-state index contributed by atoms with van der Waals surface area (Å²) in [4.78, 5) is 1.38. The maximum atomic E-state index is 12.9. The van der Waals surface area contributed by atoms with Crippen LogP contribution >= 0.6 is 11.6 Å². The van der Waals surface area contributed by atoms with Crippen LogP contribution in [0.5, 0.6) is 0 Å². The van der Waals surface area contributed by atoms with Crippen LogP contribution in [0.3, 0.4) is 0 Å². The van der Waals surface area contributed by atoms with Crippen molar-refractivity contribution >= 4 is 11.6 Å². The SMILES string of the molecule is Cn1nnc(CC(N)Cc2ccc(F)cc2Cl)n1. The van der Waals surface area contributed by atoms with Gasteiger partial charge < -0.3 is 5.73 Å². The number of nitrogens with zero attached hydrogens (tertiary/aromatic N) is 4. The van der Waals surface area contributed by atoms with Gasteiger partial charge in [0.1, 0.15) is 5.82 Å². The summed E-state index contributed by atoms with van der Waals surface area (Å²) < 4.78 is 12.9. The molecule has 0 radical (unpaired) electrons. The van der Waals surface area contributed by atoms with Gasteiger partial charge in [0.05, 0.1) is 7.05 Å². The Morgan fingerprint density at radius 1 is 1.44 bits per heavy atom. The van der Waals surface area contributed by atoms with Gasteiger partial charge in [0.15, 0.2) is 5.82 Å². The van der Waals surface area contributed by atoms with Crippen LogP contribution in [-0.4, -0.2) is 26.2 Å². The second-order valence-electron chi connectivity index (χ2n) is 4.10. The van der Waals surface area contributed by atoms with E-state index >= 15 is 0 Å². The molecule has 2 N–H and O–H groups in total. The van der Waals surface area contributed by atoms with Crippen LogP contribution in [-0.2, 0) is 19.9 Å². The molecule has 0 amide bonds. The van der Waals surface area contributed by atoms with Crippen LogP contribution < -0.4 is 5.73 Å². The van der Waals surface area contributed by atoms with Crippen LogP contribution in [0.4, 0.5) is 4.39 Å².